The van der Waals surface area contributed by atoms with E-state index in [9.17, 15) is 17.6 Å². The molecule has 0 unspecified atom stereocenters. The highest BCUT2D eigenvalue weighted by molar-refractivity contribution is 7.92. The predicted molar refractivity (Wildman–Crippen MR) is 102 cm³/mol. The lowest BCUT2D eigenvalue weighted by Gasteiger charge is -2.10. The Morgan fingerprint density at radius 2 is 1.78 bits per heavy atom. The maximum Gasteiger partial charge on any atom is 0.291 e. The molecule has 0 aliphatic heterocycles. The van der Waals surface area contributed by atoms with Gasteiger partial charge in [-0.25, -0.2) is 12.8 Å². The van der Waals surface area contributed by atoms with Crippen LogP contribution in [0.5, 0.6) is 0 Å². The molecule has 3 rings (SSSR count). The standard InChI is InChI=1S/C17H12Cl2FN3O3S/c1-10-2-7-15(14(20)8-10)22-27(25,26)12-5-3-11(4-6-12)23-17(24)16(19)13(18)9-21-23/h2-9,22H,1H3. The Morgan fingerprint density at radius 1 is 1.11 bits per heavy atom. The van der Waals surface area contributed by atoms with Gasteiger partial charge in [-0.2, -0.15) is 9.78 Å². The van der Waals surface area contributed by atoms with Crippen LogP contribution in [-0.2, 0) is 10.0 Å². The first kappa shape index (κ1) is 19.3. The zero-order valence-electron chi connectivity index (χ0n) is 13.8. The highest BCUT2D eigenvalue weighted by atomic mass is 35.5. The third-order valence-electron chi connectivity index (χ3n) is 3.64. The molecule has 2 aromatic carbocycles. The van der Waals surface area contributed by atoms with Crippen LogP contribution in [0, 0.1) is 12.7 Å². The SMILES string of the molecule is Cc1ccc(NS(=O)(=O)c2ccc(-n3ncc(Cl)c(Cl)c3=O)cc2)c(F)c1. The summed E-state index contributed by atoms with van der Waals surface area (Å²) in [5.74, 6) is -0.679. The van der Waals surface area contributed by atoms with Crippen molar-refractivity contribution in [3.8, 4) is 5.69 Å². The molecule has 27 heavy (non-hydrogen) atoms. The highest BCUT2D eigenvalue weighted by Crippen LogP contribution is 2.21. The van der Waals surface area contributed by atoms with E-state index >= 15 is 0 Å². The maximum absolute atomic E-state index is 13.9. The van der Waals surface area contributed by atoms with E-state index in [1.54, 1.807) is 13.0 Å². The summed E-state index contributed by atoms with van der Waals surface area (Å²) in [5, 5.41) is 3.68. The Balaban J connectivity index is 1.93. The molecule has 1 aromatic heterocycles. The van der Waals surface area contributed by atoms with E-state index in [1.807, 2.05) is 0 Å². The van der Waals surface area contributed by atoms with Gasteiger partial charge in [0.25, 0.3) is 15.6 Å². The number of nitrogens with zero attached hydrogens (tertiary/aromatic N) is 2. The zero-order chi connectivity index (χ0) is 19.8. The predicted octanol–water partition coefficient (Wildman–Crippen LogP) is 3.79. The van der Waals surface area contributed by atoms with E-state index < -0.39 is 21.4 Å². The first-order valence-electron chi connectivity index (χ1n) is 7.52. The Labute approximate surface area is 164 Å². The van der Waals surface area contributed by atoms with Gasteiger partial charge in [-0.1, -0.05) is 29.3 Å². The van der Waals surface area contributed by atoms with Crippen LogP contribution in [-0.4, -0.2) is 18.2 Å². The largest absolute Gasteiger partial charge is 0.291 e. The summed E-state index contributed by atoms with van der Waals surface area (Å²) >= 11 is 11.5. The van der Waals surface area contributed by atoms with E-state index in [4.69, 9.17) is 23.2 Å². The van der Waals surface area contributed by atoms with Gasteiger partial charge in [0, 0.05) is 0 Å². The fourth-order valence-electron chi connectivity index (χ4n) is 2.27. The number of rotatable bonds is 4. The minimum absolute atomic E-state index is 0.0152. The number of anilines is 1. The van der Waals surface area contributed by atoms with Crippen molar-refractivity contribution in [1.82, 2.24) is 9.78 Å². The fraction of sp³-hybridized carbons (Fsp3) is 0.0588. The minimum Gasteiger partial charge on any atom is -0.277 e. The molecule has 140 valence electrons. The molecular weight excluding hydrogens is 416 g/mol. The second-order valence-electron chi connectivity index (χ2n) is 5.61. The van der Waals surface area contributed by atoms with Crippen LogP contribution in [0.25, 0.3) is 5.69 Å². The summed E-state index contributed by atoms with van der Waals surface area (Å²) in [7, 11) is -4.02. The number of halogens is 3. The van der Waals surface area contributed by atoms with Crippen molar-refractivity contribution in [1.29, 1.82) is 0 Å². The van der Waals surface area contributed by atoms with Crippen molar-refractivity contribution in [2.45, 2.75) is 11.8 Å². The van der Waals surface area contributed by atoms with Crippen molar-refractivity contribution in [2.24, 2.45) is 0 Å². The number of aromatic nitrogens is 2. The lowest BCUT2D eigenvalue weighted by Crippen LogP contribution is -2.21. The van der Waals surface area contributed by atoms with Crippen LogP contribution < -0.4 is 10.3 Å². The summed E-state index contributed by atoms with van der Waals surface area (Å²) in [6, 6.07) is 9.43. The van der Waals surface area contributed by atoms with Gasteiger partial charge in [-0.05, 0) is 48.9 Å². The van der Waals surface area contributed by atoms with Gasteiger partial charge in [0.15, 0.2) is 0 Å². The molecule has 0 spiro atoms. The second kappa shape index (κ2) is 7.30. The third kappa shape index (κ3) is 3.97. The summed E-state index contributed by atoms with van der Waals surface area (Å²) in [4.78, 5) is 12.0. The molecule has 1 heterocycles. The summed E-state index contributed by atoms with van der Waals surface area (Å²) in [5.41, 5.74) is 0.157. The van der Waals surface area contributed by atoms with Crippen LogP contribution in [0.15, 0.2) is 58.4 Å². The lowest BCUT2D eigenvalue weighted by atomic mass is 10.2. The minimum atomic E-state index is -4.02. The Bertz CT molecular complexity index is 1180. The molecule has 0 atom stereocenters. The molecule has 0 fully saturated rings. The van der Waals surface area contributed by atoms with E-state index in [0.29, 0.717) is 11.3 Å². The maximum atomic E-state index is 13.9. The molecule has 0 aliphatic carbocycles. The molecule has 10 heteroatoms. The average Bonchev–Trinajstić information content (AvgIpc) is 2.62. The summed E-state index contributed by atoms with van der Waals surface area (Å²) in [6.07, 6.45) is 1.21. The number of hydrogen-bond acceptors (Lipinski definition) is 4. The zero-order valence-corrected chi connectivity index (χ0v) is 16.1. The summed E-state index contributed by atoms with van der Waals surface area (Å²) < 4.78 is 42.0. The Kier molecular flexibility index (Phi) is 5.23. The van der Waals surface area contributed by atoms with E-state index in [2.05, 4.69) is 9.82 Å². The molecular formula is C17H12Cl2FN3O3S. The van der Waals surface area contributed by atoms with Gasteiger partial charge in [-0.3, -0.25) is 9.52 Å². The van der Waals surface area contributed by atoms with Crippen LogP contribution in [0.1, 0.15) is 5.56 Å². The van der Waals surface area contributed by atoms with Gasteiger partial charge in [0.1, 0.15) is 10.8 Å². The lowest BCUT2D eigenvalue weighted by molar-refractivity contribution is 0.598. The molecule has 0 saturated heterocycles. The molecule has 0 bridgehead atoms. The topological polar surface area (TPSA) is 81.1 Å². The van der Waals surface area contributed by atoms with Gasteiger partial charge >= 0.3 is 0 Å². The summed E-state index contributed by atoms with van der Waals surface area (Å²) in [6.45, 7) is 1.69. The number of benzene rings is 2. The fourth-order valence-corrected chi connectivity index (χ4v) is 3.59. The second-order valence-corrected chi connectivity index (χ2v) is 8.07. The molecule has 0 amide bonds. The van der Waals surface area contributed by atoms with Crippen LogP contribution in [0.3, 0.4) is 0 Å². The van der Waals surface area contributed by atoms with Gasteiger partial charge < -0.3 is 0 Å². The van der Waals surface area contributed by atoms with Gasteiger partial charge in [0.2, 0.25) is 0 Å². The van der Waals surface area contributed by atoms with Crippen molar-refractivity contribution < 1.29 is 12.8 Å². The van der Waals surface area contributed by atoms with Gasteiger partial charge in [0.05, 0.1) is 27.5 Å². The number of nitrogens with one attached hydrogen (secondary N) is 1. The average molecular weight is 428 g/mol. The van der Waals surface area contributed by atoms with Gasteiger partial charge in [-0.15, -0.1) is 0 Å². The molecule has 3 aromatic rings. The van der Waals surface area contributed by atoms with Crippen LogP contribution >= 0.6 is 23.2 Å². The monoisotopic (exact) mass is 427 g/mol. The number of aryl methyl sites for hydroxylation is 1. The van der Waals surface area contributed by atoms with Crippen molar-refractivity contribution in [3.05, 3.63) is 80.4 Å². The number of hydrogen-bond donors (Lipinski definition) is 1. The number of sulfonamides is 1. The van der Waals surface area contributed by atoms with E-state index in [0.717, 1.165) is 4.68 Å². The normalized spacial score (nSPS) is 11.4. The Morgan fingerprint density at radius 3 is 2.41 bits per heavy atom. The van der Waals surface area contributed by atoms with Crippen molar-refractivity contribution >= 4 is 38.9 Å². The van der Waals surface area contributed by atoms with E-state index in [-0.39, 0.29) is 20.6 Å². The molecule has 0 saturated carbocycles. The van der Waals surface area contributed by atoms with E-state index in [1.165, 1.54) is 42.6 Å². The quantitative estimate of drug-likeness (QED) is 0.686. The molecule has 0 radical (unpaired) electrons. The molecule has 0 aliphatic rings. The van der Waals surface area contributed by atoms with Crippen LogP contribution in [0.2, 0.25) is 10.0 Å². The highest BCUT2D eigenvalue weighted by Gasteiger charge is 2.17. The Hall–Kier alpha value is -2.42. The third-order valence-corrected chi connectivity index (χ3v) is 5.77. The first-order valence-corrected chi connectivity index (χ1v) is 9.76. The smallest absolute Gasteiger partial charge is 0.277 e. The van der Waals surface area contributed by atoms with Crippen molar-refractivity contribution in [3.63, 3.8) is 0 Å². The molecule has 1 N–H and O–H groups in total. The first-order chi connectivity index (χ1) is 12.7. The van der Waals surface area contributed by atoms with Crippen LogP contribution in [0.4, 0.5) is 10.1 Å². The molecule has 6 nitrogen and oxygen atoms in total. The van der Waals surface area contributed by atoms with Crippen molar-refractivity contribution in [2.75, 3.05) is 4.72 Å².